The molecule has 0 aromatic heterocycles. The van der Waals surface area contributed by atoms with Crippen LogP contribution in [0.5, 0.6) is 5.75 Å². The molecule has 0 saturated carbocycles. The van der Waals surface area contributed by atoms with Crippen LogP contribution in [0.4, 0.5) is 11.4 Å². The molecule has 4 rings (SSSR count). The molecule has 2 aromatic rings. The third-order valence-electron chi connectivity index (χ3n) is 4.79. The third kappa shape index (κ3) is 2.92. The quantitative estimate of drug-likeness (QED) is 0.811. The van der Waals surface area contributed by atoms with Gasteiger partial charge in [0.05, 0.1) is 18.5 Å². The molecular weight excluding hydrogens is 352 g/mol. The van der Waals surface area contributed by atoms with Gasteiger partial charge in [-0.25, -0.2) is 8.42 Å². The molecular formula is C19H20N2O4S. The molecule has 0 aliphatic carbocycles. The van der Waals surface area contributed by atoms with Crippen molar-refractivity contribution in [2.75, 3.05) is 28.6 Å². The highest BCUT2D eigenvalue weighted by atomic mass is 32.2. The van der Waals surface area contributed by atoms with E-state index < -0.39 is 16.1 Å². The van der Waals surface area contributed by atoms with Crippen LogP contribution in [0.15, 0.2) is 48.5 Å². The number of fused-ring (bicyclic) bond motifs is 2. The van der Waals surface area contributed by atoms with E-state index in [-0.39, 0.29) is 12.5 Å². The summed E-state index contributed by atoms with van der Waals surface area (Å²) in [7, 11) is -3.51. The van der Waals surface area contributed by atoms with Gasteiger partial charge >= 0.3 is 0 Å². The Hall–Kier alpha value is -2.54. The Morgan fingerprint density at radius 3 is 2.54 bits per heavy atom. The second-order valence-corrected chi connectivity index (χ2v) is 8.50. The van der Waals surface area contributed by atoms with Gasteiger partial charge in [0.15, 0.2) is 6.10 Å². The Morgan fingerprint density at radius 2 is 1.77 bits per heavy atom. The Bertz CT molecular complexity index is 958. The lowest BCUT2D eigenvalue weighted by atomic mass is 10.0. The van der Waals surface area contributed by atoms with Crippen LogP contribution in [-0.4, -0.2) is 39.8 Å². The van der Waals surface area contributed by atoms with Crippen LogP contribution in [0.25, 0.3) is 0 Å². The maximum absolute atomic E-state index is 13.2. The molecule has 1 atom stereocenters. The van der Waals surface area contributed by atoms with E-state index in [0.29, 0.717) is 18.0 Å². The van der Waals surface area contributed by atoms with E-state index in [1.165, 1.54) is 4.31 Å². The number of aryl methyl sites for hydroxylation is 1. The lowest BCUT2D eigenvalue weighted by Gasteiger charge is -2.37. The molecule has 0 spiro atoms. The molecule has 6 nitrogen and oxygen atoms in total. The first kappa shape index (κ1) is 16.9. The lowest BCUT2D eigenvalue weighted by molar-refractivity contribution is -0.125. The highest BCUT2D eigenvalue weighted by Crippen LogP contribution is 2.36. The molecule has 136 valence electrons. The summed E-state index contributed by atoms with van der Waals surface area (Å²) in [6.07, 6.45) is 2.09. The molecule has 7 heteroatoms. The second kappa shape index (κ2) is 6.32. The van der Waals surface area contributed by atoms with Crippen molar-refractivity contribution in [1.82, 2.24) is 0 Å². The summed E-state index contributed by atoms with van der Waals surface area (Å²) in [5.41, 5.74) is 2.48. The average Bonchev–Trinajstić information content (AvgIpc) is 2.65. The number of para-hydroxylation sites is 3. The number of amides is 1. The van der Waals surface area contributed by atoms with Gasteiger partial charge in [-0.15, -0.1) is 0 Å². The van der Waals surface area contributed by atoms with E-state index in [1.807, 2.05) is 24.3 Å². The van der Waals surface area contributed by atoms with Crippen LogP contribution in [0.2, 0.25) is 0 Å². The minimum Gasteiger partial charge on any atom is -0.476 e. The molecule has 2 aliphatic heterocycles. The third-order valence-corrected chi connectivity index (χ3v) is 5.93. The first-order valence-corrected chi connectivity index (χ1v) is 10.4. The Balaban J connectivity index is 1.68. The van der Waals surface area contributed by atoms with Crippen LogP contribution in [0.3, 0.4) is 0 Å². The van der Waals surface area contributed by atoms with Crippen molar-refractivity contribution in [2.24, 2.45) is 0 Å². The predicted molar refractivity (Wildman–Crippen MR) is 100 cm³/mol. The fraction of sp³-hybridized carbons (Fsp3) is 0.316. The van der Waals surface area contributed by atoms with Crippen molar-refractivity contribution in [3.63, 3.8) is 0 Å². The molecule has 0 fully saturated rings. The number of carbonyl (C=O) groups excluding carboxylic acids is 1. The van der Waals surface area contributed by atoms with Gasteiger partial charge in [-0.05, 0) is 36.6 Å². The van der Waals surface area contributed by atoms with Crippen molar-refractivity contribution in [3.8, 4) is 5.75 Å². The fourth-order valence-electron chi connectivity index (χ4n) is 3.58. The van der Waals surface area contributed by atoms with Gasteiger partial charge in [-0.2, -0.15) is 0 Å². The van der Waals surface area contributed by atoms with Crippen LogP contribution in [-0.2, 0) is 21.2 Å². The molecule has 2 aromatic carbocycles. The van der Waals surface area contributed by atoms with Crippen molar-refractivity contribution >= 4 is 27.3 Å². The maximum Gasteiger partial charge on any atom is 0.269 e. The number of nitrogens with zero attached hydrogens (tertiary/aromatic N) is 2. The first-order valence-electron chi connectivity index (χ1n) is 8.58. The molecule has 0 radical (unpaired) electrons. The molecule has 0 unspecified atom stereocenters. The van der Waals surface area contributed by atoms with Crippen molar-refractivity contribution in [1.29, 1.82) is 0 Å². The normalized spacial score (nSPS) is 19.3. The van der Waals surface area contributed by atoms with Gasteiger partial charge in [-0.1, -0.05) is 30.3 Å². The summed E-state index contributed by atoms with van der Waals surface area (Å²) in [6, 6.07) is 14.7. The van der Waals surface area contributed by atoms with E-state index in [0.717, 1.165) is 30.3 Å². The number of carbonyl (C=O) groups is 1. The Morgan fingerprint density at radius 1 is 1.08 bits per heavy atom. The van der Waals surface area contributed by atoms with Gasteiger partial charge in [0.1, 0.15) is 5.75 Å². The van der Waals surface area contributed by atoms with Crippen molar-refractivity contribution in [2.45, 2.75) is 18.9 Å². The number of sulfonamides is 1. The van der Waals surface area contributed by atoms with E-state index in [1.54, 1.807) is 29.2 Å². The first-order chi connectivity index (χ1) is 12.4. The molecule has 2 aliphatic rings. The predicted octanol–water partition coefficient (Wildman–Crippen LogP) is 2.19. The van der Waals surface area contributed by atoms with Gasteiger partial charge in [-0.3, -0.25) is 9.10 Å². The number of ether oxygens (including phenoxy) is 1. The SMILES string of the molecule is CS(=O)(=O)N1C[C@@H](C(=O)N2CCCc3ccccc32)Oc2ccccc21. The standard InChI is InChI=1S/C19H20N2O4S/c1-26(23,24)21-13-18(25-17-11-5-4-10-16(17)21)19(22)20-12-6-8-14-7-2-3-9-15(14)20/h2-5,7,9-11,18H,6,8,12-13H2,1H3/t18-/m0/s1. The van der Waals surface area contributed by atoms with Gasteiger partial charge in [0, 0.05) is 12.2 Å². The minimum absolute atomic E-state index is 0.0205. The largest absolute Gasteiger partial charge is 0.476 e. The summed E-state index contributed by atoms with van der Waals surface area (Å²) >= 11 is 0. The van der Waals surface area contributed by atoms with E-state index >= 15 is 0 Å². The van der Waals surface area contributed by atoms with Crippen LogP contribution >= 0.6 is 0 Å². The summed E-state index contributed by atoms with van der Waals surface area (Å²) in [4.78, 5) is 14.9. The molecule has 26 heavy (non-hydrogen) atoms. The van der Waals surface area contributed by atoms with E-state index in [9.17, 15) is 13.2 Å². The van der Waals surface area contributed by atoms with E-state index in [4.69, 9.17) is 4.74 Å². The number of hydrogen-bond acceptors (Lipinski definition) is 4. The lowest BCUT2D eigenvalue weighted by Crippen LogP contribution is -2.52. The average molecular weight is 372 g/mol. The fourth-order valence-corrected chi connectivity index (χ4v) is 4.50. The van der Waals surface area contributed by atoms with Gasteiger partial charge in [0.25, 0.3) is 5.91 Å². The number of benzene rings is 2. The van der Waals surface area contributed by atoms with Gasteiger partial charge < -0.3 is 9.64 Å². The van der Waals surface area contributed by atoms with Crippen LogP contribution in [0.1, 0.15) is 12.0 Å². The van der Waals surface area contributed by atoms with Crippen molar-refractivity contribution in [3.05, 3.63) is 54.1 Å². The van der Waals surface area contributed by atoms with Crippen LogP contribution < -0.4 is 13.9 Å². The topological polar surface area (TPSA) is 66.9 Å². The Labute approximate surface area is 153 Å². The number of hydrogen-bond donors (Lipinski definition) is 0. The monoisotopic (exact) mass is 372 g/mol. The molecule has 0 N–H and O–H groups in total. The molecule has 0 saturated heterocycles. The Kier molecular flexibility index (Phi) is 4.11. The second-order valence-electron chi connectivity index (χ2n) is 6.59. The zero-order valence-corrected chi connectivity index (χ0v) is 15.3. The zero-order chi connectivity index (χ0) is 18.3. The summed E-state index contributed by atoms with van der Waals surface area (Å²) in [5, 5.41) is 0. The molecule has 1 amide bonds. The summed E-state index contributed by atoms with van der Waals surface area (Å²) in [5.74, 6) is 0.202. The van der Waals surface area contributed by atoms with Crippen molar-refractivity contribution < 1.29 is 17.9 Å². The highest BCUT2D eigenvalue weighted by Gasteiger charge is 2.38. The minimum atomic E-state index is -3.51. The maximum atomic E-state index is 13.2. The van der Waals surface area contributed by atoms with Crippen LogP contribution in [0, 0.1) is 0 Å². The molecule has 0 bridgehead atoms. The highest BCUT2D eigenvalue weighted by molar-refractivity contribution is 7.92. The smallest absolute Gasteiger partial charge is 0.269 e. The summed E-state index contributed by atoms with van der Waals surface area (Å²) < 4.78 is 31.6. The molecule has 2 heterocycles. The number of rotatable bonds is 2. The van der Waals surface area contributed by atoms with Gasteiger partial charge in [0.2, 0.25) is 10.0 Å². The number of anilines is 2. The van der Waals surface area contributed by atoms with E-state index in [2.05, 4.69) is 0 Å². The zero-order valence-electron chi connectivity index (χ0n) is 14.5. The summed E-state index contributed by atoms with van der Waals surface area (Å²) in [6.45, 7) is 0.587.